The van der Waals surface area contributed by atoms with Crippen LogP contribution in [0.2, 0.25) is 0 Å². The fourth-order valence-electron chi connectivity index (χ4n) is 3.26. The third-order valence-corrected chi connectivity index (χ3v) is 4.91. The van der Waals surface area contributed by atoms with Gasteiger partial charge in [-0.1, -0.05) is 12.5 Å². The third-order valence-electron chi connectivity index (χ3n) is 4.91. The topological polar surface area (TPSA) is 29.9 Å². The summed E-state index contributed by atoms with van der Waals surface area (Å²) in [4.78, 5) is 0. The number of anilines is 1. The zero-order valence-corrected chi connectivity index (χ0v) is 12.2. The standard InChI is InChI=1S/C17H21N3/c1-11-6-7-14(10-12(11)2)20-17-15(8-9-18-17)16(19-20)13-4-3-5-13/h6-7,10,13,18H,3-5,8-9H2,1-2H3. The van der Waals surface area contributed by atoms with Crippen molar-refractivity contribution < 1.29 is 0 Å². The van der Waals surface area contributed by atoms with Crippen LogP contribution in [0.3, 0.4) is 0 Å². The van der Waals surface area contributed by atoms with E-state index < -0.39 is 0 Å². The molecule has 104 valence electrons. The molecule has 1 aromatic heterocycles. The van der Waals surface area contributed by atoms with Gasteiger partial charge in [-0.05, 0) is 56.4 Å². The van der Waals surface area contributed by atoms with Crippen molar-refractivity contribution in [2.45, 2.75) is 45.4 Å². The molecule has 1 fully saturated rings. The predicted octanol–water partition coefficient (Wildman–Crippen LogP) is 3.72. The fraction of sp³-hybridized carbons (Fsp3) is 0.471. The fourth-order valence-corrected chi connectivity index (χ4v) is 3.26. The maximum absolute atomic E-state index is 4.95. The van der Waals surface area contributed by atoms with Crippen molar-refractivity contribution in [1.29, 1.82) is 0 Å². The van der Waals surface area contributed by atoms with Gasteiger partial charge in [-0.3, -0.25) is 0 Å². The van der Waals surface area contributed by atoms with Gasteiger partial charge in [-0.25, -0.2) is 4.68 Å². The van der Waals surface area contributed by atoms with Crippen LogP contribution in [-0.2, 0) is 6.42 Å². The van der Waals surface area contributed by atoms with Gasteiger partial charge in [0.1, 0.15) is 5.82 Å². The van der Waals surface area contributed by atoms with Crippen LogP contribution in [0.4, 0.5) is 5.82 Å². The molecule has 1 aliphatic heterocycles. The lowest BCUT2D eigenvalue weighted by Crippen LogP contribution is -2.12. The highest BCUT2D eigenvalue weighted by atomic mass is 15.3. The van der Waals surface area contributed by atoms with Gasteiger partial charge < -0.3 is 5.32 Å². The second-order valence-corrected chi connectivity index (χ2v) is 6.20. The van der Waals surface area contributed by atoms with Gasteiger partial charge in [0.05, 0.1) is 11.4 Å². The molecule has 0 amide bonds. The van der Waals surface area contributed by atoms with Crippen LogP contribution < -0.4 is 5.32 Å². The molecule has 0 spiro atoms. The molecule has 3 nitrogen and oxygen atoms in total. The minimum atomic E-state index is 0.705. The van der Waals surface area contributed by atoms with Crippen molar-refractivity contribution >= 4 is 5.82 Å². The summed E-state index contributed by atoms with van der Waals surface area (Å²) >= 11 is 0. The Labute approximate surface area is 120 Å². The quantitative estimate of drug-likeness (QED) is 0.898. The molecule has 0 bridgehead atoms. The highest BCUT2D eigenvalue weighted by Gasteiger charge is 2.30. The molecule has 1 aromatic carbocycles. The Hall–Kier alpha value is -1.77. The second kappa shape index (κ2) is 4.37. The van der Waals surface area contributed by atoms with E-state index in [-0.39, 0.29) is 0 Å². The number of benzene rings is 1. The van der Waals surface area contributed by atoms with Gasteiger partial charge >= 0.3 is 0 Å². The predicted molar refractivity (Wildman–Crippen MR) is 81.8 cm³/mol. The molecule has 1 N–H and O–H groups in total. The Morgan fingerprint density at radius 2 is 2.05 bits per heavy atom. The highest BCUT2D eigenvalue weighted by molar-refractivity contribution is 5.58. The Bertz CT molecular complexity index is 665. The van der Waals surface area contributed by atoms with Gasteiger partial charge in [0.25, 0.3) is 0 Å². The van der Waals surface area contributed by atoms with E-state index in [2.05, 4.69) is 42.0 Å². The summed E-state index contributed by atoms with van der Waals surface area (Å²) in [6.07, 6.45) is 5.13. The summed E-state index contributed by atoms with van der Waals surface area (Å²) < 4.78 is 2.13. The molecule has 2 aromatic rings. The molecule has 0 atom stereocenters. The molecule has 2 aliphatic rings. The first-order valence-corrected chi connectivity index (χ1v) is 7.67. The van der Waals surface area contributed by atoms with Crippen LogP contribution in [0, 0.1) is 13.8 Å². The van der Waals surface area contributed by atoms with Crippen molar-refractivity contribution in [2.75, 3.05) is 11.9 Å². The van der Waals surface area contributed by atoms with Crippen LogP contribution in [-0.4, -0.2) is 16.3 Å². The van der Waals surface area contributed by atoms with Crippen LogP contribution in [0.25, 0.3) is 5.69 Å². The largest absolute Gasteiger partial charge is 0.369 e. The molecule has 0 radical (unpaired) electrons. The Kier molecular flexibility index (Phi) is 2.62. The lowest BCUT2D eigenvalue weighted by molar-refractivity contribution is 0.407. The molecule has 0 saturated heterocycles. The zero-order valence-electron chi connectivity index (χ0n) is 12.2. The first-order chi connectivity index (χ1) is 9.74. The number of aromatic nitrogens is 2. The second-order valence-electron chi connectivity index (χ2n) is 6.20. The van der Waals surface area contributed by atoms with E-state index in [4.69, 9.17) is 5.10 Å². The SMILES string of the molecule is Cc1ccc(-n2nc(C3CCC3)c3c2NCC3)cc1C. The number of rotatable bonds is 2. The van der Waals surface area contributed by atoms with Crippen LogP contribution in [0.1, 0.15) is 47.6 Å². The molecular formula is C17H21N3. The summed E-state index contributed by atoms with van der Waals surface area (Å²) in [6.45, 7) is 5.38. The molecule has 3 heteroatoms. The first-order valence-electron chi connectivity index (χ1n) is 7.67. The third kappa shape index (κ3) is 1.69. The van der Waals surface area contributed by atoms with Crippen molar-refractivity contribution in [1.82, 2.24) is 9.78 Å². The van der Waals surface area contributed by atoms with E-state index in [1.165, 1.54) is 53.2 Å². The molecule has 0 unspecified atom stereocenters. The lowest BCUT2D eigenvalue weighted by Gasteiger charge is -2.24. The van der Waals surface area contributed by atoms with E-state index in [0.29, 0.717) is 5.92 Å². The molecule has 1 saturated carbocycles. The van der Waals surface area contributed by atoms with E-state index >= 15 is 0 Å². The highest BCUT2D eigenvalue weighted by Crippen LogP contribution is 2.41. The van der Waals surface area contributed by atoms with Crippen molar-refractivity contribution in [2.24, 2.45) is 0 Å². The lowest BCUT2D eigenvalue weighted by atomic mass is 9.81. The van der Waals surface area contributed by atoms with E-state index in [1.54, 1.807) is 0 Å². The van der Waals surface area contributed by atoms with Crippen LogP contribution in [0.15, 0.2) is 18.2 Å². The molecule has 2 heterocycles. The molecule has 4 rings (SSSR count). The number of aryl methyl sites for hydroxylation is 2. The number of fused-ring (bicyclic) bond motifs is 1. The first kappa shape index (κ1) is 12.0. The van der Waals surface area contributed by atoms with E-state index in [0.717, 1.165) is 13.0 Å². The smallest absolute Gasteiger partial charge is 0.133 e. The number of hydrogen-bond acceptors (Lipinski definition) is 2. The van der Waals surface area contributed by atoms with E-state index in [1.807, 2.05) is 0 Å². The zero-order chi connectivity index (χ0) is 13.7. The van der Waals surface area contributed by atoms with Crippen molar-refractivity contribution in [3.63, 3.8) is 0 Å². The maximum Gasteiger partial charge on any atom is 0.133 e. The minimum absolute atomic E-state index is 0.705. The number of nitrogens with one attached hydrogen (secondary N) is 1. The summed E-state index contributed by atoms with van der Waals surface area (Å²) in [5, 5.41) is 8.47. The molecule has 20 heavy (non-hydrogen) atoms. The molecule has 1 aliphatic carbocycles. The Morgan fingerprint density at radius 1 is 1.20 bits per heavy atom. The van der Waals surface area contributed by atoms with Crippen LogP contribution in [0.5, 0.6) is 0 Å². The maximum atomic E-state index is 4.95. The average molecular weight is 267 g/mol. The van der Waals surface area contributed by atoms with Crippen molar-refractivity contribution in [3.8, 4) is 5.69 Å². The summed E-state index contributed by atoms with van der Waals surface area (Å²) in [6, 6.07) is 6.62. The normalized spacial score (nSPS) is 17.7. The summed E-state index contributed by atoms with van der Waals surface area (Å²) in [7, 11) is 0. The minimum Gasteiger partial charge on any atom is -0.369 e. The number of nitrogens with zero attached hydrogens (tertiary/aromatic N) is 2. The van der Waals surface area contributed by atoms with Crippen molar-refractivity contribution in [3.05, 3.63) is 40.6 Å². The Balaban J connectivity index is 1.83. The van der Waals surface area contributed by atoms with Gasteiger partial charge in [0, 0.05) is 18.0 Å². The van der Waals surface area contributed by atoms with Gasteiger partial charge in [0.15, 0.2) is 0 Å². The average Bonchev–Trinajstić information content (AvgIpc) is 2.94. The van der Waals surface area contributed by atoms with E-state index in [9.17, 15) is 0 Å². The number of hydrogen-bond donors (Lipinski definition) is 1. The van der Waals surface area contributed by atoms with Crippen LogP contribution >= 0.6 is 0 Å². The van der Waals surface area contributed by atoms with Gasteiger partial charge in [-0.2, -0.15) is 5.10 Å². The summed E-state index contributed by atoms with van der Waals surface area (Å²) in [5.74, 6) is 1.94. The molecular weight excluding hydrogens is 246 g/mol. The van der Waals surface area contributed by atoms with Gasteiger partial charge in [-0.15, -0.1) is 0 Å². The van der Waals surface area contributed by atoms with Gasteiger partial charge in [0.2, 0.25) is 0 Å². The summed E-state index contributed by atoms with van der Waals surface area (Å²) in [5.41, 5.74) is 6.67. The Morgan fingerprint density at radius 3 is 2.75 bits per heavy atom. The monoisotopic (exact) mass is 267 g/mol.